The fourth-order valence-corrected chi connectivity index (χ4v) is 2.27. The van der Waals surface area contributed by atoms with Crippen molar-refractivity contribution in [1.82, 2.24) is 5.43 Å². The van der Waals surface area contributed by atoms with Crippen LogP contribution in [-0.2, 0) is 10.5 Å². The molecule has 0 radical (unpaired) electrons. The minimum atomic E-state index is -0.151. The van der Waals surface area contributed by atoms with Gasteiger partial charge in [-0.1, -0.05) is 29.3 Å². The summed E-state index contributed by atoms with van der Waals surface area (Å²) in [4.78, 5) is 10.8. The summed E-state index contributed by atoms with van der Waals surface area (Å²) in [5, 5.41) is 1.11. The summed E-state index contributed by atoms with van der Waals surface area (Å²) >= 11 is 13.3. The smallest absolute Gasteiger partial charge is 0.234 e. The lowest BCUT2D eigenvalue weighted by molar-refractivity contribution is -0.120. The molecule has 0 bridgehead atoms. The maximum absolute atomic E-state index is 10.8. The van der Waals surface area contributed by atoms with Gasteiger partial charge in [0.05, 0.1) is 10.0 Å². The minimum absolute atomic E-state index is 0.151. The van der Waals surface area contributed by atoms with Gasteiger partial charge in [0.2, 0.25) is 5.91 Å². The lowest BCUT2D eigenvalue weighted by Gasteiger charge is -2.03. The Morgan fingerprint density at radius 1 is 1.38 bits per heavy atom. The zero-order chi connectivity index (χ0) is 12.0. The first-order valence-electron chi connectivity index (χ1n) is 4.64. The molecule has 0 aliphatic heterocycles. The molecule has 6 heteroatoms. The van der Waals surface area contributed by atoms with Gasteiger partial charge in [-0.05, 0) is 17.7 Å². The van der Waals surface area contributed by atoms with Crippen molar-refractivity contribution in [3.05, 3.63) is 33.8 Å². The van der Waals surface area contributed by atoms with Crippen molar-refractivity contribution >= 4 is 40.9 Å². The third-order valence-corrected chi connectivity index (χ3v) is 3.66. The van der Waals surface area contributed by atoms with E-state index in [4.69, 9.17) is 29.0 Å². The fraction of sp³-hybridized carbons (Fsp3) is 0.300. The number of rotatable bonds is 5. The Bertz CT molecular complexity index is 374. The highest BCUT2D eigenvalue weighted by atomic mass is 35.5. The third-order valence-electron chi connectivity index (χ3n) is 1.89. The first kappa shape index (κ1) is 13.6. The number of nitrogens with one attached hydrogen (secondary N) is 1. The van der Waals surface area contributed by atoms with Crippen LogP contribution < -0.4 is 11.3 Å². The fourth-order valence-electron chi connectivity index (χ4n) is 1.06. The Labute approximate surface area is 109 Å². The van der Waals surface area contributed by atoms with E-state index >= 15 is 0 Å². The molecule has 0 fully saturated rings. The molecule has 0 aliphatic carbocycles. The van der Waals surface area contributed by atoms with E-state index < -0.39 is 0 Å². The van der Waals surface area contributed by atoms with Crippen molar-refractivity contribution in [3.8, 4) is 0 Å². The molecule has 0 aliphatic rings. The number of hydrazine groups is 1. The molecule has 1 aromatic rings. The highest BCUT2D eigenvalue weighted by Crippen LogP contribution is 2.24. The van der Waals surface area contributed by atoms with E-state index in [0.717, 1.165) is 17.1 Å². The van der Waals surface area contributed by atoms with Gasteiger partial charge in [-0.25, -0.2) is 5.84 Å². The van der Waals surface area contributed by atoms with Gasteiger partial charge in [0.25, 0.3) is 0 Å². The summed E-state index contributed by atoms with van der Waals surface area (Å²) in [7, 11) is 0. The summed E-state index contributed by atoms with van der Waals surface area (Å²) < 4.78 is 0. The van der Waals surface area contributed by atoms with E-state index in [1.807, 2.05) is 12.1 Å². The van der Waals surface area contributed by atoms with Crippen molar-refractivity contribution in [3.63, 3.8) is 0 Å². The molecule has 0 unspecified atom stereocenters. The van der Waals surface area contributed by atoms with Gasteiger partial charge in [0.15, 0.2) is 0 Å². The summed E-state index contributed by atoms with van der Waals surface area (Å²) in [5.41, 5.74) is 3.18. The molecule has 16 heavy (non-hydrogen) atoms. The van der Waals surface area contributed by atoms with Crippen LogP contribution >= 0.6 is 35.0 Å². The summed E-state index contributed by atoms with van der Waals surface area (Å²) in [5.74, 6) is 6.34. The van der Waals surface area contributed by atoms with Crippen molar-refractivity contribution in [2.24, 2.45) is 5.84 Å². The molecule has 1 rings (SSSR count). The van der Waals surface area contributed by atoms with E-state index in [1.54, 1.807) is 17.8 Å². The number of amides is 1. The maximum Gasteiger partial charge on any atom is 0.234 e. The average molecular weight is 279 g/mol. The monoisotopic (exact) mass is 278 g/mol. The van der Waals surface area contributed by atoms with Crippen LogP contribution in [0.4, 0.5) is 0 Å². The van der Waals surface area contributed by atoms with Gasteiger partial charge in [0.1, 0.15) is 0 Å². The first-order chi connectivity index (χ1) is 7.63. The van der Waals surface area contributed by atoms with Gasteiger partial charge < -0.3 is 0 Å². The molecule has 0 spiro atoms. The van der Waals surface area contributed by atoms with Crippen LogP contribution in [0.5, 0.6) is 0 Å². The molecule has 3 N–H and O–H groups in total. The minimum Gasteiger partial charge on any atom is -0.294 e. The third kappa shape index (κ3) is 4.61. The van der Waals surface area contributed by atoms with Crippen LogP contribution in [0.25, 0.3) is 0 Å². The Morgan fingerprint density at radius 2 is 2.12 bits per heavy atom. The molecular formula is C10H12Cl2N2OS. The zero-order valence-electron chi connectivity index (χ0n) is 8.50. The predicted octanol–water partition coefficient (Wildman–Crippen LogP) is 2.61. The topological polar surface area (TPSA) is 55.1 Å². The predicted molar refractivity (Wildman–Crippen MR) is 69.6 cm³/mol. The molecule has 0 saturated carbocycles. The second-order valence-electron chi connectivity index (χ2n) is 3.12. The van der Waals surface area contributed by atoms with Crippen LogP contribution in [0.1, 0.15) is 12.0 Å². The lowest BCUT2D eigenvalue weighted by Crippen LogP contribution is -2.30. The number of nitrogens with two attached hydrogens (primary N) is 1. The molecule has 0 aromatic heterocycles. The van der Waals surface area contributed by atoms with Gasteiger partial charge in [-0.3, -0.25) is 10.2 Å². The van der Waals surface area contributed by atoms with E-state index in [1.165, 1.54) is 0 Å². The quantitative estimate of drug-likeness (QED) is 0.377. The highest BCUT2D eigenvalue weighted by Gasteiger charge is 2.01. The Kier molecular flexibility index (Phi) is 5.98. The Morgan fingerprint density at radius 3 is 2.75 bits per heavy atom. The molecule has 3 nitrogen and oxygen atoms in total. The van der Waals surface area contributed by atoms with Gasteiger partial charge in [0, 0.05) is 17.9 Å². The maximum atomic E-state index is 10.8. The highest BCUT2D eigenvalue weighted by molar-refractivity contribution is 7.98. The van der Waals surface area contributed by atoms with E-state index in [0.29, 0.717) is 16.5 Å². The molecule has 88 valence electrons. The zero-order valence-corrected chi connectivity index (χ0v) is 10.8. The summed E-state index contributed by atoms with van der Waals surface area (Å²) in [6.45, 7) is 0. The van der Waals surface area contributed by atoms with Crippen molar-refractivity contribution in [1.29, 1.82) is 0 Å². The Balaban J connectivity index is 2.32. The van der Waals surface area contributed by atoms with Crippen LogP contribution in [-0.4, -0.2) is 11.7 Å². The summed E-state index contributed by atoms with van der Waals surface area (Å²) in [6.07, 6.45) is 0.419. The number of carbonyl (C=O) groups is 1. The molecule has 1 aromatic carbocycles. The van der Waals surface area contributed by atoms with Crippen molar-refractivity contribution in [2.45, 2.75) is 12.2 Å². The van der Waals surface area contributed by atoms with Gasteiger partial charge in [-0.15, -0.1) is 0 Å². The number of hydrogen-bond donors (Lipinski definition) is 2. The average Bonchev–Trinajstić information content (AvgIpc) is 2.28. The lowest BCUT2D eigenvalue weighted by atomic mass is 10.2. The van der Waals surface area contributed by atoms with Crippen LogP contribution in [0.15, 0.2) is 18.2 Å². The van der Waals surface area contributed by atoms with Gasteiger partial charge >= 0.3 is 0 Å². The van der Waals surface area contributed by atoms with Crippen molar-refractivity contribution < 1.29 is 4.79 Å². The van der Waals surface area contributed by atoms with Crippen molar-refractivity contribution in [2.75, 3.05) is 5.75 Å². The van der Waals surface area contributed by atoms with Crippen LogP contribution in [0.3, 0.4) is 0 Å². The molecule has 0 saturated heterocycles. The number of halogens is 2. The number of carbonyl (C=O) groups excluding carboxylic acids is 1. The summed E-state index contributed by atoms with van der Waals surface area (Å²) in [6, 6.07) is 5.52. The SMILES string of the molecule is NNC(=O)CCSCc1ccc(Cl)c(Cl)c1. The van der Waals surface area contributed by atoms with Crippen LogP contribution in [0.2, 0.25) is 10.0 Å². The van der Waals surface area contributed by atoms with Crippen LogP contribution in [0, 0.1) is 0 Å². The number of thioether (sulfide) groups is 1. The first-order valence-corrected chi connectivity index (χ1v) is 6.55. The van der Waals surface area contributed by atoms with E-state index in [2.05, 4.69) is 5.43 Å². The van der Waals surface area contributed by atoms with Gasteiger partial charge in [-0.2, -0.15) is 11.8 Å². The van der Waals surface area contributed by atoms with E-state index in [-0.39, 0.29) is 5.91 Å². The largest absolute Gasteiger partial charge is 0.294 e. The number of benzene rings is 1. The Hall–Kier alpha value is -0.420. The normalized spacial score (nSPS) is 10.2. The second-order valence-corrected chi connectivity index (χ2v) is 5.04. The standard InChI is InChI=1S/C10H12Cl2N2OS/c11-8-2-1-7(5-9(8)12)6-16-4-3-10(15)14-13/h1-2,5H,3-4,6,13H2,(H,14,15). The molecule has 0 atom stereocenters. The molecule has 1 amide bonds. The second kappa shape index (κ2) is 7.01. The molecule has 0 heterocycles. The van der Waals surface area contributed by atoms with E-state index in [9.17, 15) is 4.79 Å². The number of hydrogen-bond acceptors (Lipinski definition) is 3. The molecular weight excluding hydrogens is 267 g/mol.